The van der Waals surface area contributed by atoms with E-state index in [0.29, 0.717) is 11.4 Å². The van der Waals surface area contributed by atoms with Crippen LogP contribution in [0.25, 0.3) is 0 Å². The monoisotopic (exact) mass is 298 g/mol. The highest BCUT2D eigenvalue weighted by atomic mass is 16.5. The summed E-state index contributed by atoms with van der Waals surface area (Å²) in [6.07, 6.45) is -0.924. The second-order valence-electron chi connectivity index (χ2n) is 4.94. The minimum absolute atomic E-state index is 0.263. The molecule has 5 nitrogen and oxygen atoms in total. The van der Waals surface area contributed by atoms with E-state index in [4.69, 9.17) is 10.5 Å². The molecular formula is C17H18N2O3. The van der Waals surface area contributed by atoms with E-state index >= 15 is 0 Å². The van der Waals surface area contributed by atoms with Crippen LogP contribution in [0.5, 0.6) is 0 Å². The van der Waals surface area contributed by atoms with Crippen molar-refractivity contribution in [3.05, 3.63) is 59.7 Å². The van der Waals surface area contributed by atoms with E-state index in [0.717, 1.165) is 5.56 Å². The number of nitrogens with one attached hydrogen (secondary N) is 1. The number of hydrogen-bond donors (Lipinski definition) is 2. The Bertz CT molecular complexity index is 684. The Kier molecular flexibility index (Phi) is 4.78. The summed E-state index contributed by atoms with van der Waals surface area (Å²) in [6, 6.07) is 14.1. The van der Waals surface area contributed by atoms with E-state index in [1.165, 1.54) is 6.92 Å². The maximum atomic E-state index is 12.1. The highest BCUT2D eigenvalue weighted by Crippen LogP contribution is 2.18. The van der Waals surface area contributed by atoms with Gasteiger partial charge in [0.25, 0.3) is 5.91 Å². The number of nitrogens with two attached hydrogens (primary N) is 1. The van der Waals surface area contributed by atoms with Gasteiger partial charge < -0.3 is 15.8 Å². The number of amides is 1. The number of para-hydroxylation sites is 2. The van der Waals surface area contributed by atoms with Gasteiger partial charge in [-0.3, -0.25) is 4.79 Å². The minimum Gasteiger partial charge on any atom is -0.449 e. The SMILES string of the molecule is Cc1cccc(C(=O)O[C@@H](C)C(=O)Nc2ccccc2)c1N. The lowest BCUT2D eigenvalue weighted by atomic mass is 10.1. The van der Waals surface area contributed by atoms with Gasteiger partial charge in [0.05, 0.1) is 5.56 Å². The smallest absolute Gasteiger partial charge is 0.341 e. The minimum atomic E-state index is -0.924. The van der Waals surface area contributed by atoms with Crippen molar-refractivity contribution >= 4 is 23.3 Å². The van der Waals surface area contributed by atoms with Crippen LogP contribution in [0.1, 0.15) is 22.8 Å². The van der Waals surface area contributed by atoms with Crippen LogP contribution < -0.4 is 11.1 Å². The highest BCUT2D eigenvalue weighted by molar-refractivity contribution is 5.99. The number of hydrogen-bond acceptors (Lipinski definition) is 4. The van der Waals surface area contributed by atoms with Crippen molar-refractivity contribution in [2.75, 3.05) is 11.1 Å². The van der Waals surface area contributed by atoms with Crippen LogP contribution in [0.2, 0.25) is 0 Å². The first kappa shape index (κ1) is 15.6. The fourth-order valence-corrected chi connectivity index (χ4v) is 1.90. The lowest BCUT2D eigenvalue weighted by Gasteiger charge is -2.14. The Balaban J connectivity index is 2.02. The third-order valence-corrected chi connectivity index (χ3v) is 3.24. The molecule has 0 saturated carbocycles. The molecule has 0 spiro atoms. The Morgan fingerprint density at radius 1 is 1.09 bits per heavy atom. The molecule has 1 amide bonds. The van der Waals surface area contributed by atoms with E-state index in [9.17, 15) is 9.59 Å². The van der Waals surface area contributed by atoms with Gasteiger partial charge in [0.1, 0.15) is 0 Å². The summed E-state index contributed by atoms with van der Waals surface area (Å²) in [5, 5.41) is 2.68. The van der Waals surface area contributed by atoms with E-state index in [2.05, 4.69) is 5.32 Å². The molecule has 3 N–H and O–H groups in total. The Hall–Kier alpha value is -2.82. The molecule has 2 rings (SSSR count). The summed E-state index contributed by atoms with van der Waals surface area (Å²) in [5.74, 6) is -1.01. The first-order valence-electron chi connectivity index (χ1n) is 6.91. The molecule has 5 heteroatoms. The van der Waals surface area contributed by atoms with Crippen LogP contribution in [0.3, 0.4) is 0 Å². The third kappa shape index (κ3) is 3.63. The fraction of sp³-hybridized carbons (Fsp3) is 0.176. The summed E-state index contributed by atoms with van der Waals surface area (Å²) in [6.45, 7) is 3.32. The first-order valence-corrected chi connectivity index (χ1v) is 6.91. The lowest BCUT2D eigenvalue weighted by Crippen LogP contribution is -2.30. The van der Waals surface area contributed by atoms with E-state index in [1.54, 1.807) is 49.4 Å². The molecule has 0 fully saturated rings. The van der Waals surface area contributed by atoms with Gasteiger partial charge in [0.2, 0.25) is 0 Å². The number of aryl methyl sites for hydroxylation is 1. The highest BCUT2D eigenvalue weighted by Gasteiger charge is 2.20. The number of benzene rings is 2. The molecule has 114 valence electrons. The molecular weight excluding hydrogens is 280 g/mol. The number of ether oxygens (including phenoxy) is 1. The topological polar surface area (TPSA) is 81.4 Å². The zero-order valence-electron chi connectivity index (χ0n) is 12.5. The molecule has 2 aromatic rings. The van der Waals surface area contributed by atoms with Crippen molar-refractivity contribution in [3.8, 4) is 0 Å². The summed E-state index contributed by atoms with van der Waals surface area (Å²) in [7, 11) is 0. The molecule has 0 aliphatic rings. The molecule has 0 bridgehead atoms. The van der Waals surface area contributed by atoms with Gasteiger partial charge in [-0.2, -0.15) is 0 Å². The van der Waals surface area contributed by atoms with Crippen molar-refractivity contribution in [2.45, 2.75) is 20.0 Å². The number of anilines is 2. The molecule has 22 heavy (non-hydrogen) atoms. The van der Waals surface area contributed by atoms with Crippen LogP contribution in [0.4, 0.5) is 11.4 Å². The zero-order chi connectivity index (χ0) is 16.1. The van der Waals surface area contributed by atoms with Gasteiger partial charge in [-0.1, -0.05) is 30.3 Å². The largest absolute Gasteiger partial charge is 0.449 e. The predicted molar refractivity (Wildman–Crippen MR) is 85.5 cm³/mol. The van der Waals surface area contributed by atoms with Crippen molar-refractivity contribution in [3.63, 3.8) is 0 Å². The molecule has 0 unspecified atom stereocenters. The molecule has 1 atom stereocenters. The number of rotatable bonds is 4. The summed E-state index contributed by atoms with van der Waals surface area (Å²) < 4.78 is 5.18. The van der Waals surface area contributed by atoms with Crippen molar-refractivity contribution in [2.24, 2.45) is 0 Å². The van der Waals surface area contributed by atoms with Crippen LogP contribution in [0.15, 0.2) is 48.5 Å². The zero-order valence-corrected chi connectivity index (χ0v) is 12.5. The number of esters is 1. The van der Waals surface area contributed by atoms with E-state index in [-0.39, 0.29) is 5.56 Å². The average Bonchev–Trinajstić information content (AvgIpc) is 2.50. The normalized spacial score (nSPS) is 11.5. The molecule has 0 radical (unpaired) electrons. The van der Waals surface area contributed by atoms with Gasteiger partial charge >= 0.3 is 5.97 Å². The summed E-state index contributed by atoms with van der Waals surface area (Å²) >= 11 is 0. The van der Waals surface area contributed by atoms with Gasteiger partial charge in [-0.25, -0.2) is 4.79 Å². The molecule has 0 aliphatic heterocycles. The Morgan fingerprint density at radius 3 is 2.45 bits per heavy atom. The van der Waals surface area contributed by atoms with Gasteiger partial charge in [0.15, 0.2) is 6.10 Å². The Labute approximate surface area is 129 Å². The maximum absolute atomic E-state index is 12.1. The van der Waals surface area contributed by atoms with E-state index in [1.807, 2.05) is 6.07 Å². The number of carbonyl (C=O) groups is 2. The molecule has 0 saturated heterocycles. The van der Waals surface area contributed by atoms with Crippen molar-refractivity contribution < 1.29 is 14.3 Å². The second-order valence-corrected chi connectivity index (χ2v) is 4.94. The Morgan fingerprint density at radius 2 is 1.77 bits per heavy atom. The standard InChI is InChI=1S/C17H18N2O3/c1-11-7-6-10-14(15(11)18)17(21)22-12(2)16(20)19-13-8-4-3-5-9-13/h3-10,12H,18H2,1-2H3,(H,19,20)/t12-/m0/s1. The van der Waals surface area contributed by atoms with Crippen LogP contribution in [0, 0.1) is 6.92 Å². The van der Waals surface area contributed by atoms with Crippen molar-refractivity contribution in [1.29, 1.82) is 0 Å². The molecule has 2 aromatic carbocycles. The fourth-order valence-electron chi connectivity index (χ4n) is 1.90. The van der Waals surface area contributed by atoms with Crippen LogP contribution in [-0.4, -0.2) is 18.0 Å². The molecule has 0 aromatic heterocycles. The van der Waals surface area contributed by atoms with Crippen LogP contribution in [-0.2, 0) is 9.53 Å². The van der Waals surface area contributed by atoms with Crippen molar-refractivity contribution in [1.82, 2.24) is 0 Å². The van der Waals surface area contributed by atoms with E-state index < -0.39 is 18.0 Å². The van der Waals surface area contributed by atoms with Gasteiger partial charge in [-0.15, -0.1) is 0 Å². The van der Waals surface area contributed by atoms with Crippen LogP contribution >= 0.6 is 0 Å². The molecule has 0 aliphatic carbocycles. The number of nitrogen functional groups attached to an aromatic ring is 1. The lowest BCUT2D eigenvalue weighted by molar-refractivity contribution is -0.123. The van der Waals surface area contributed by atoms with Gasteiger partial charge in [-0.05, 0) is 37.6 Å². The second kappa shape index (κ2) is 6.76. The number of carbonyl (C=O) groups excluding carboxylic acids is 2. The maximum Gasteiger partial charge on any atom is 0.341 e. The first-order chi connectivity index (χ1) is 10.5. The molecule has 0 heterocycles. The average molecular weight is 298 g/mol. The summed E-state index contributed by atoms with van der Waals surface area (Å²) in [4.78, 5) is 24.1. The summed E-state index contributed by atoms with van der Waals surface area (Å²) in [5.41, 5.74) is 7.92. The third-order valence-electron chi connectivity index (χ3n) is 3.24. The quantitative estimate of drug-likeness (QED) is 0.671. The predicted octanol–water partition coefficient (Wildman–Crippen LogP) is 2.76. The van der Waals surface area contributed by atoms with Gasteiger partial charge in [0, 0.05) is 11.4 Å².